The van der Waals surface area contributed by atoms with Crippen LogP contribution in [0, 0.1) is 5.41 Å². The molecule has 0 heterocycles. The molecular formula is C6H14N3O6P. The number of nitrogens with one attached hydrogen (secondary N) is 1. The minimum atomic E-state index is -4.64. The number of carboxylic acids is 1. The largest absolute Gasteiger partial charge is 0.479 e. The molecule has 1 atom stereocenters. The molecule has 0 spiro atoms. The predicted octanol–water partition coefficient (Wildman–Crippen LogP) is -1.48. The lowest BCUT2D eigenvalue weighted by molar-refractivity contribution is -0.139. The van der Waals surface area contributed by atoms with Gasteiger partial charge in [-0.25, -0.2) is 9.36 Å². The minimum absolute atomic E-state index is 0.294. The second-order valence-corrected chi connectivity index (χ2v) is 3.55. The Labute approximate surface area is 91.6 Å². The standard InChI is InChI=1S/C6H11N3O2.H3O4P/c1-3-4(5(10)11)9(2)6(7)8;1-5(2,3)4/h3-4H,1H2,2H3,(H3,7,8)(H,10,11);(H3,1,2,3,4). The first kappa shape index (κ1) is 17.0. The number of likely N-dealkylation sites (N-methyl/N-ethyl adjacent to an activating group) is 1. The molecule has 0 saturated heterocycles. The van der Waals surface area contributed by atoms with E-state index in [2.05, 4.69) is 6.58 Å². The molecule has 0 aliphatic rings. The van der Waals surface area contributed by atoms with E-state index < -0.39 is 19.8 Å². The van der Waals surface area contributed by atoms with Crippen molar-refractivity contribution in [1.29, 1.82) is 5.41 Å². The van der Waals surface area contributed by atoms with E-state index in [-0.39, 0.29) is 5.96 Å². The molecule has 0 aromatic carbocycles. The minimum Gasteiger partial charge on any atom is -0.479 e. The summed E-state index contributed by atoms with van der Waals surface area (Å²) in [6.07, 6.45) is 1.21. The van der Waals surface area contributed by atoms with Crippen LogP contribution in [-0.4, -0.2) is 49.7 Å². The van der Waals surface area contributed by atoms with E-state index in [1.165, 1.54) is 13.1 Å². The molecule has 10 heteroatoms. The summed E-state index contributed by atoms with van der Waals surface area (Å²) in [6.45, 7) is 3.31. The second-order valence-electron chi connectivity index (χ2n) is 2.53. The van der Waals surface area contributed by atoms with Crippen LogP contribution < -0.4 is 5.73 Å². The van der Waals surface area contributed by atoms with Gasteiger partial charge in [0, 0.05) is 7.05 Å². The molecule has 0 aromatic heterocycles. The number of guanidine groups is 1. The van der Waals surface area contributed by atoms with Crippen molar-refractivity contribution in [2.45, 2.75) is 6.04 Å². The van der Waals surface area contributed by atoms with Gasteiger partial charge in [-0.05, 0) is 0 Å². The van der Waals surface area contributed by atoms with Gasteiger partial charge >= 0.3 is 13.8 Å². The van der Waals surface area contributed by atoms with Gasteiger partial charge in [0.1, 0.15) is 6.04 Å². The van der Waals surface area contributed by atoms with Crippen molar-refractivity contribution in [1.82, 2.24) is 4.90 Å². The van der Waals surface area contributed by atoms with Crippen molar-refractivity contribution in [2.75, 3.05) is 7.05 Å². The lowest BCUT2D eigenvalue weighted by Crippen LogP contribution is -2.44. The highest BCUT2D eigenvalue weighted by molar-refractivity contribution is 7.45. The van der Waals surface area contributed by atoms with E-state index in [4.69, 9.17) is 35.5 Å². The Bertz CT molecular complexity index is 305. The van der Waals surface area contributed by atoms with Gasteiger partial charge in [0.2, 0.25) is 0 Å². The molecule has 9 nitrogen and oxygen atoms in total. The van der Waals surface area contributed by atoms with E-state index in [0.717, 1.165) is 4.90 Å². The van der Waals surface area contributed by atoms with Crippen LogP contribution in [0.5, 0.6) is 0 Å². The smallest absolute Gasteiger partial charge is 0.466 e. The zero-order chi connectivity index (χ0) is 13.5. The van der Waals surface area contributed by atoms with Gasteiger partial charge < -0.3 is 30.4 Å². The van der Waals surface area contributed by atoms with Crippen LogP contribution in [0.25, 0.3) is 0 Å². The Morgan fingerprint density at radius 3 is 1.94 bits per heavy atom. The van der Waals surface area contributed by atoms with Crippen molar-refractivity contribution in [3.8, 4) is 0 Å². The molecule has 0 fully saturated rings. The fourth-order valence-electron chi connectivity index (χ4n) is 0.574. The molecule has 0 saturated carbocycles. The zero-order valence-electron chi connectivity index (χ0n) is 8.44. The Morgan fingerprint density at radius 1 is 1.56 bits per heavy atom. The van der Waals surface area contributed by atoms with Gasteiger partial charge in [-0.15, -0.1) is 6.58 Å². The van der Waals surface area contributed by atoms with Crippen LogP contribution in [0.2, 0.25) is 0 Å². The van der Waals surface area contributed by atoms with Crippen LogP contribution >= 0.6 is 7.82 Å². The number of carbonyl (C=O) groups is 1. The molecule has 0 aliphatic heterocycles. The molecule has 0 radical (unpaired) electrons. The lowest BCUT2D eigenvalue weighted by atomic mass is 10.3. The van der Waals surface area contributed by atoms with Crippen LogP contribution in [-0.2, 0) is 9.36 Å². The van der Waals surface area contributed by atoms with Crippen LogP contribution in [0.15, 0.2) is 12.7 Å². The van der Waals surface area contributed by atoms with Crippen molar-refractivity contribution in [3.63, 3.8) is 0 Å². The number of hydrogen-bond donors (Lipinski definition) is 6. The first-order valence-corrected chi connectivity index (χ1v) is 5.27. The fraction of sp³-hybridized carbons (Fsp3) is 0.333. The maximum absolute atomic E-state index is 10.4. The molecule has 0 bridgehead atoms. The summed E-state index contributed by atoms with van der Waals surface area (Å²) in [4.78, 5) is 33.1. The Balaban J connectivity index is 0. The number of rotatable bonds is 3. The summed E-state index contributed by atoms with van der Waals surface area (Å²) < 4.78 is 8.88. The molecule has 0 rings (SSSR count). The third-order valence-electron chi connectivity index (χ3n) is 1.27. The summed E-state index contributed by atoms with van der Waals surface area (Å²) >= 11 is 0. The van der Waals surface area contributed by atoms with Gasteiger partial charge in [-0.3, -0.25) is 5.41 Å². The highest BCUT2D eigenvalue weighted by Gasteiger charge is 2.19. The topological polar surface area (TPSA) is 168 Å². The summed E-state index contributed by atoms with van der Waals surface area (Å²) in [7, 11) is -3.22. The molecule has 16 heavy (non-hydrogen) atoms. The number of nitrogens with zero attached hydrogens (tertiary/aromatic N) is 1. The highest BCUT2D eigenvalue weighted by Crippen LogP contribution is 2.25. The fourth-order valence-corrected chi connectivity index (χ4v) is 0.574. The maximum atomic E-state index is 10.4. The molecule has 0 aliphatic carbocycles. The average Bonchev–Trinajstić information content (AvgIpc) is 2.00. The summed E-state index contributed by atoms with van der Waals surface area (Å²) in [5.74, 6) is -1.37. The van der Waals surface area contributed by atoms with Gasteiger partial charge in [0.25, 0.3) is 0 Å². The van der Waals surface area contributed by atoms with Gasteiger partial charge in [-0.2, -0.15) is 0 Å². The molecule has 0 amide bonds. The van der Waals surface area contributed by atoms with E-state index in [9.17, 15) is 4.79 Å². The SMILES string of the molecule is C=CC(C(=O)O)N(C)C(=N)N.O=P(O)(O)O. The monoisotopic (exact) mass is 255 g/mol. The molecule has 0 aromatic rings. The zero-order valence-corrected chi connectivity index (χ0v) is 9.33. The van der Waals surface area contributed by atoms with E-state index >= 15 is 0 Å². The number of carboxylic acid groups (broad SMARTS) is 1. The van der Waals surface area contributed by atoms with Gasteiger partial charge in [-0.1, -0.05) is 6.08 Å². The third kappa shape index (κ3) is 10.7. The highest BCUT2D eigenvalue weighted by atomic mass is 31.2. The quantitative estimate of drug-likeness (QED) is 0.153. The Kier molecular flexibility index (Phi) is 7.40. The maximum Gasteiger partial charge on any atom is 0.466 e. The van der Waals surface area contributed by atoms with Gasteiger partial charge in [0.05, 0.1) is 0 Å². The normalized spacial score (nSPS) is 11.8. The Morgan fingerprint density at radius 2 is 1.88 bits per heavy atom. The number of hydrogen-bond acceptors (Lipinski definition) is 3. The molecule has 94 valence electrons. The van der Waals surface area contributed by atoms with Crippen molar-refractivity contribution < 1.29 is 29.1 Å². The summed E-state index contributed by atoms with van der Waals surface area (Å²) in [5, 5.41) is 15.4. The second kappa shape index (κ2) is 6.96. The molecular weight excluding hydrogens is 241 g/mol. The third-order valence-corrected chi connectivity index (χ3v) is 1.27. The van der Waals surface area contributed by atoms with E-state index in [1.54, 1.807) is 0 Å². The van der Waals surface area contributed by atoms with E-state index in [0.29, 0.717) is 0 Å². The average molecular weight is 255 g/mol. The summed E-state index contributed by atoms with van der Waals surface area (Å²) in [5.41, 5.74) is 5.05. The molecule has 1 unspecified atom stereocenters. The number of phosphoric acid groups is 1. The predicted molar refractivity (Wildman–Crippen MR) is 55.6 cm³/mol. The Hall–Kier alpha value is -1.41. The molecule has 7 N–H and O–H groups in total. The number of aliphatic carboxylic acids is 1. The van der Waals surface area contributed by atoms with E-state index in [1.807, 2.05) is 0 Å². The van der Waals surface area contributed by atoms with Crippen LogP contribution in [0.1, 0.15) is 0 Å². The van der Waals surface area contributed by atoms with Crippen molar-refractivity contribution in [2.24, 2.45) is 5.73 Å². The number of nitrogens with two attached hydrogens (primary N) is 1. The first-order valence-electron chi connectivity index (χ1n) is 3.71. The van der Waals surface area contributed by atoms with Gasteiger partial charge in [0.15, 0.2) is 5.96 Å². The summed E-state index contributed by atoms with van der Waals surface area (Å²) in [6, 6.07) is -0.924. The van der Waals surface area contributed by atoms with Crippen LogP contribution in [0.3, 0.4) is 0 Å². The van der Waals surface area contributed by atoms with Crippen molar-refractivity contribution in [3.05, 3.63) is 12.7 Å². The lowest BCUT2D eigenvalue weighted by Gasteiger charge is -2.21. The first-order chi connectivity index (χ1) is 7.00. The van der Waals surface area contributed by atoms with Crippen LogP contribution in [0.4, 0.5) is 0 Å². The van der Waals surface area contributed by atoms with Crippen molar-refractivity contribution >= 4 is 19.8 Å².